The van der Waals surface area contributed by atoms with Gasteiger partial charge in [0.1, 0.15) is 18.2 Å². The number of rotatable bonds is 8. The average molecular weight is 290 g/mol. The Kier molecular flexibility index (Phi) is 6.44. The first-order valence-corrected chi connectivity index (χ1v) is 5.89. The minimum absolute atomic E-state index is 0.203. The zero-order valence-corrected chi connectivity index (χ0v) is 11.2. The van der Waals surface area contributed by atoms with Crippen molar-refractivity contribution < 1.29 is 30.8 Å². The number of amides is 3. The highest BCUT2D eigenvalue weighted by Crippen LogP contribution is 1.98. The van der Waals surface area contributed by atoms with Gasteiger partial charge in [-0.05, 0) is 20.3 Å². The van der Waals surface area contributed by atoms with Gasteiger partial charge >= 0.3 is 5.97 Å². The molecule has 0 aliphatic heterocycles. The van der Waals surface area contributed by atoms with Crippen LogP contribution in [0.3, 0.4) is 0 Å². The molecule has 0 heterocycles. The first-order chi connectivity index (χ1) is 9.57. The molecule has 0 fully saturated rings. The topological polar surface area (TPSA) is 159 Å². The fourth-order valence-corrected chi connectivity index (χ4v) is 1.20. The third-order valence-corrected chi connectivity index (χ3v) is 2.36. The van der Waals surface area contributed by atoms with E-state index in [1.807, 2.05) is 0 Å². The molecule has 0 saturated carbocycles. The number of nitrogens with two attached hydrogens (primary N) is 1. The Morgan fingerprint density at radius 2 is 1.80 bits per heavy atom. The molecule has 3 amide bonds. The maximum absolute atomic E-state index is 11.8. The van der Waals surface area contributed by atoms with Crippen molar-refractivity contribution in [3.8, 4) is 0 Å². The van der Waals surface area contributed by atoms with Crippen LogP contribution in [-0.2, 0) is 19.2 Å². The van der Waals surface area contributed by atoms with Crippen LogP contribution < -0.4 is 16.4 Å². The zero-order chi connectivity index (χ0) is 16.7. The van der Waals surface area contributed by atoms with Gasteiger partial charge in [-0.3, -0.25) is 19.2 Å². The second kappa shape index (κ2) is 8.10. The van der Waals surface area contributed by atoms with E-state index in [0.29, 0.717) is 0 Å². The largest absolute Gasteiger partial charge is 0.481 e. The van der Waals surface area contributed by atoms with Crippen molar-refractivity contribution in [2.24, 2.45) is 5.73 Å². The van der Waals surface area contributed by atoms with Crippen LogP contribution in [0.4, 0.5) is 0 Å². The summed E-state index contributed by atoms with van der Waals surface area (Å²) in [6, 6.07) is -2.50. The molecule has 0 aromatic rings. The van der Waals surface area contributed by atoms with Gasteiger partial charge in [-0.2, -0.15) is 0 Å². The van der Waals surface area contributed by atoms with E-state index >= 15 is 0 Å². The standard InChI is InChI=1S/C11H19N3O6/c1-5(13-11(20)6(2)15)10(19)14-7(9(12)18)3-4-8(16)17/h5-7,15H,3-4H2,1-2H3,(H2,12,18)(H,13,20)(H,14,19)(H,16,17)/t5-,6+,7-/m0/s1/i/hD. The van der Waals surface area contributed by atoms with Crippen molar-refractivity contribution in [1.82, 2.24) is 10.6 Å². The summed E-state index contributed by atoms with van der Waals surface area (Å²) in [7, 11) is 0. The Balaban J connectivity index is 4.71. The molecule has 0 aromatic carbocycles. The van der Waals surface area contributed by atoms with E-state index in [4.69, 9.17) is 17.4 Å². The van der Waals surface area contributed by atoms with Crippen LogP contribution in [0.5, 0.6) is 0 Å². The van der Waals surface area contributed by atoms with Crippen molar-refractivity contribution >= 4 is 23.7 Å². The number of nitrogens with one attached hydrogen (secondary N) is 2. The molecule has 0 unspecified atom stereocenters. The van der Waals surface area contributed by atoms with E-state index in [0.717, 1.165) is 6.92 Å². The molecule has 0 aliphatic rings. The quantitative estimate of drug-likeness (QED) is 0.338. The maximum atomic E-state index is 11.8. The third kappa shape index (κ3) is 6.69. The molecular formula is C11H19N3O6. The number of carbonyl (C=O) groups excluding carboxylic acids is 3. The Morgan fingerprint density at radius 3 is 2.20 bits per heavy atom. The highest BCUT2D eigenvalue weighted by atomic mass is 16.4. The van der Waals surface area contributed by atoms with Gasteiger partial charge in [-0.1, -0.05) is 0 Å². The lowest BCUT2D eigenvalue weighted by molar-refractivity contribution is -0.138. The van der Waals surface area contributed by atoms with Gasteiger partial charge in [0.15, 0.2) is 1.41 Å². The van der Waals surface area contributed by atoms with Crippen LogP contribution in [0.15, 0.2) is 0 Å². The number of aliphatic carboxylic acids is 1. The molecule has 0 rings (SSSR count). The number of carboxylic acids is 1. The highest BCUT2D eigenvalue weighted by molar-refractivity contribution is 5.92. The fourth-order valence-electron chi connectivity index (χ4n) is 1.20. The van der Waals surface area contributed by atoms with Gasteiger partial charge < -0.3 is 26.6 Å². The number of aliphatic hydroxyl groups excluding tert-OH is 1. The summed E-state index contributed by atoms with van der Waals surface area (Å²) in [5.41, 5.74) is 5.04. The lowest BCUT2D eigenvalue weighted by Gasteiger charge is -2.19. The predicted molar refractivity (Wildman–Crippen MR) is 67.3 cm³/mol. The molecule has 3 atom stereocenters. The summed E-state index contributed by atoms with van der Waals surface area (Å²) >= 11 is 0. The van der Waals surface area contributed by atoms with Crippen LogP contribution in [0.1, 0.15) is 26.7 Å². The Hall–Kier alpha value is -2.16. The Labute approximate surface area is 117 Å². The lowest BCUT2D eigenvalue weighted by Crippen LogP contribution is -2.53. The van der Waals surface area contributed by atoms with Gasteiger partial charge in [0.2, 0.25) is 17.7 Å². The van der Waals surface area contributed by atoms with Gasteiger partial charge in [-0.15, -0.1) is 0 Å². The molecule has 9 heteroatoms. The van der Waals surface area contributed by atoms with Crippen molar-refractivity contribution in [3.05, 3.63) is 0 Å². The molecule has 0 aliphatic carbocycles. The zero-order valence-electron chi connectivity index (χ0n) is 12.2. The van der Waals surface area contributed by atoms with E-state index < -0.39 is 41.9 Å². The average Bonchev–Trinajstić information content (AvgIpc) is 2.39. The predicted octanol–water partition coefficient (Wildman–Crippen LogP) is -2.29. The third-order valence-electron chi connectivity index (χ3n) is 2.36. The van der Waals surface area contributed by atoms with E-state index in [9.17, 15) is 19.2 Å². The van der Waals surface area contributed by atoms with Gasteiger partial charge in [0, 0.05) is 6.42 Å². The highest BCUT2D eigenvalue weighted by Gasteiger charge is 2.24. The summed E-state index contributed by atoms with van der Waals surface area (Å²) in [5.74, 6) is -3.92. The van der Waals surface area contributed by atoms with E-state index in [-0.39, 0.29) is 18.2 Å². The van der Waals surface area contributed by atoms with Gasteiger partial charge in [-0.25, -0.2) is 0 Å². The summed E-state index contributed by atoms with van der Waals surface area (Å²) in [6.07, 6.45) is -2.03. The maximum Gasteiger partial charge on any atom is 0.303 e. The van der Waals surface area contributed by atoms with Crippen molar-refractivity contribution in [1.29, 1.82) is 0 Å². The molecule has 0 aromatic heterocycles. The number of primary amides is 1. The Bertz CT molecular complexity index is 428. The summed E-state index contributed by atoms with van der Waals surface area (Å²) in [5, 5.41) is 20.0. The minimum atomic E-state index is -1.45. The molecule has 6 N–H and O–H groups in total. The van der Waals surface area contributed by atoms with Crippen LogP contribution in [0, 0.1) is 0 Å². The summed E-state index contributed by atoms with van der Waals surface area (Å²) in [4.78, 5) is 44.7. The van der Waals surface area contributed by atoms with Crippen molar-refractivity contribution in [2.45, 2.75) is 44.9 Å². The first kappa shape index (κ1) is 15.9. The van der Waals surface area contributed by atoms with Crippen LogP contribution in [0.25, 0.3) is 0 Å². The fraction of sp³-hybridized carbons (Fsp3) is 0.636. The van der Waals surface area contributed by atoms with Crippen LogP contribution in [0.2, 0.25) is 1.41 Å². The van der Waals surface area contributed by atoms with Gasteiger partial charge in [0.05, 0.1) is 0 Å². The molecule has 0 radical (unpaired) electrons. The molecule has 114 valence electrons. The summed E-state index contributed by atoms with van der Waals surface area (Å²) < 4.78 is 7.42. The first-order valence-electron chi connectivity index (χ1n) is 6.34. The van der Waals surface area contributed by atoms with Gasteiger partial charge in [0.25, 0.3) is 0 Å². The molecule has 0 bridgehead atoms. The number of aliphatic hydroxyl groups is 1. The molecular weight excluding hydrogens is 270 g/mol. The number of hydrogen-bond donors (Lipinski definition) is 5. The second-order valence-corrected chi connectivity index (χ2v) is 4.22. The molecule has 0 saturated heterocycles. The Morgan fingerprint density at radius 1 is 1.25 bits per heavy atom. The smallest absolute Gasteiger partial charge is 0.303 e. The van der Waals surface area contributed by atoms with Crippen molar-refractivity contribution in [3.63, 3.8) is 0 Å². The van der Waals surface area contributed by atoms with E-state index in [1.54, 1.807) is 0 Å². The normalized spacial score (nSPS) is 15.4. The lowest BCUT2D eigenvalue weighted by atomic mass is 10.1. The monoisotopic (exact) mass is 290 g/mol. The summed E-state index contributed by atoms with van der Waals surface area (Å²) in [6.45, 7) is 2.37. The number of carboxylic acid groups (broad SMARTS) is 1. The van der Waals surface area contributed by atoms with Crippen LogP contribution in [-0.4, -0.2) is 52.1 Å². The molecule has 9 nitrogen and oxygen atoms in total. The molecule has 20 heavy (non-hydrogen) atoms. The number of hydrogen-bond acceptors (Lipinski definition) is 5. The van der Waals surface area contributed by atoms with E-state index in [2.05, 4.69) is 5.32 Å². The minimum Gasteiger partial charge on any atom is -0.481 e. The van der Waals surface area contributed by atoms with E-state index in [1.165, 1.54) is 6.92 Å². The second-order valence-electron chi connectivity index (χ2n) is 4.22. The van der Waals surface area contributed by atoms with Crippen molar-refractivity contribution in [2.75, 3.05) is 0 Å². The molecule has 0 spiro atoms. The number of carbonyl (C=O) groups is 4. The van der Waals surface area contributed by atoms with Crippen LogP contribution >= 0.6 is 0 Å². The SMILES string of the molecule is [2H]N(C(=O)[C@@H](C)O)[C@@H](C)C(=O)N[C@@H](CCC(=O)O)C(N)=O.